The van der Waals surface area contributed by atoms with E-state index in [4.69, 9.17) is 16.0 Å². The lowest BCUT2D eigenvalue weighted by atomic mass is 9.98. The number of halogens is 1. The topological polar surface area (TPSA) is 70.8 Å². The predicted octanol–water partition coefficient (Wildman–Crippen LogP) is 3.88. The third-order valence-corrected chi connectivity index (χ3v) is 7.22. The Balaban J connectivity index is 1.67. The molecule has 27 heavy (non-hydrogen) atoms. The quantitative estimate of drug-likeness (QED) is 0.720. The first-order valence-electron chi connectivity index (χ1n) is 8.48. The number of aliphatic hydroxyl groups is 1. The number of hydrogen-bond acceptors (Lipinski definition) is 4. The van der Waals surface area contributed by atoms with E-state index < -0.39 is 22.2 Å². The molecule has 7 heteroatoms. The second kappa shape index (κ2) is 6.80. The molecule has 140 valence electrons. The van der Waals surface area contributed by atoms with E-state index in [1.54, 1.807) is 36.4 Å². The summed E-state index contributed by atoms with van der Waals surface area (Å²) in [5.41, 5.74) is 1.18. The molecule has 2 heterocycles. The minimum Gasteiger partial charge on any atom is -0.461 e. The van der Waals surface area contributed by atoms with Crippen LogP contribution in [0.2, 0.25) is 5.02 Å². The summed E-state index contributed by atoms with van der Waals surface area (Å²) in [6, 6.07) is 16.8. The molecular formula is C20H18ClNO4S. The third-order valence-electron chi connectivity index (χ3n) is 4.94. The van der Waals surface area contributed by atoms with Crippen molar-refractivity contribution >= 4 is 21.6 Å². The van der Waals surface area contributed by atoms with Gasteiger partial charge in [-0.2, -0.15) is 4.31 Å². The zero-order valence-electron chi connectivity index (χ0n) is 14.5. The lowest BCUT2D eigenvalue weighted by molar-refractivity contribution is 0.0864. The molecular weight excluding hydrogens is 386 g/mol. The largest absolute Gasteiger partial charge is 0.461 e. The van der Waals surface area contributed by atoms with Crippen molar-refractivity contribution in [2.45, 2.75) is 23.5 Å². The lowest BCUT2D eigenvalue weighted by Gasteiger charge is -2.36. The maximum Gasteiger partial charge on any atom is 0.243 e. The SMILES string of the molecule is CN1[C@H](Cc2ccc(-c3ccccc3Cl)o2)[C@H](O)c2ccccc2S1(=O)=O. The zero-order valence-corrected chi connectivity index (χ0v) is 16.1. The molecule has 0 amide bonds. The lowest BCUT2D eigenvalue weighted by Crippen LogP contribution is -2.46. The summed E-state index contributed by atoms with van der Waals surface area (Å²) in [6.07, 6.45) is -0.695. The molecule has 1 aliphatic heterocycles. The highest BCUT2D eigenvalue weighted by Crippen LogP contribution is 2.37. The van der Waals surface area contributed by atoms with Gasteiger partial charge >= 0.3 is 0 Å². The van der Waals surface area contributed by atoms with Crippen LogP contribution in [-0.4, -0.2) is 30.9 Å². The fourth-order valence-corrected chi connectivity index (χ4v) is 5.26. The van der Waals surface area contributed by atoms with E-state index in [9.17, 15) is 13.5 Å². The highest BCUT2D eigenvalue weighted by Gasteiger charge is 2.41. The Labute approximate surface area is 162 Å². The van der Waals surface area contributed by atoms with Crippen LogP contribution < -0.4 is 0 Å². The minimum atomic E-state index is -3.66. The van der Waals surface area contributed by atoms with Crippen molar-refractivity contribution in [1.29, 1.82) is 0 Å². The van der Waals surface area contributed by atoms with Gasteiger partial charge in [0.15, 0.2) is 0 Å². The van der Waals surface area contributed by atoms with Crippen molar-refractivity contribution in [2.24, 2.45) is 0 Å². The highest BCUT2D eigenvalue weighted by molar-refractivity contribution is 7.89. The number of aliphatic hydroxyl groups excluding tert-OH is 1. The van der Waals surface area contributed by atoms with Gasteiger partial charge in [-0.1, -0.05) is 41.9 Å². The summed E-state index contributed by atoms with van der Waals surface area (Å²) >= 11 is 6.21. The van der Waals surface area contributed by atoms with Gasteiger partial charge < -0.3 is 9.52 Å². The molecule has 1 aromatic heterocycles. The van der Waals surface area contributed by atoms with Gasteiger partial charge in [0.25, 0.3) is 0 Å². The van der Waals surface area contributed by atoms with Crippen LogP contribution in [0.1, 0.15) is 17.4 Å². The average Bonchev–Trinajstić information content (AvgIpc) is 3.13. The van der Waals surface area contributed by atoms with E-state index in [-0.39, 0.29) is 11.3 Å². The first-order chi connectivity index (χ1) is 12.9. The van der Waals surface area contributed by atoms with Crippen molar-refractivity contribution < 1.29 is 17.9 Å². The Morgan fingerprint density at radius 2 is 1.78 bits per heavy atom. The normalized spacial score (nSPS) is 21.7. The molecule has 1 N–H and O–H groups in total. The Bertz CT molecular complexity index is 1090. The number of sulfonamides is 1. The molecule has 0 fully saturated rings. The average molecular weight is 404 g/mol. The molecule has 3 aromatic rings. The van der Waals surface area contributed by atoms with Gasteiger partial charge in [-0.05, 0) is 30.3 Å². The zero-order chi connectivity index (χ0) is 19.2. The van der Waals surface area contributed by atoms with Crippen LogP contribution >= 0.6 is 11.6 Å². The van der Waals surface area contributed by atoms with Crippen molar-refractivity contribution in [2.75, 3.05) is 7.05 Å². The second-order valence-electron chi connectivity index (χ2n) is 6.52. The van der Waals surface area contributed by atoms with Crippen LogP contribution in [0.3, 0.4) is 0 Å². The fraction of sp³-hybridized carbons (Fsp3) is 0.200. The standard InChI is InChI=1S/C20H18ClNO4S/c1-22-17(20(23)15-7-3-5-9-19(15)27(22,24)25)12-13-10-11-18(26-13)14-6-2-4-8-16(14)21/h2-11,17,20,23H,12H2,1H3/t17-,20-/m1/s1. The van der Waals surface area contributed by atoms with Gasteiger partial charge in [-0.3, -0.25) is 0 Å². The van der Waals surface area contributed by atoms with Crippen LogP contribution in [-0.2, 0) is 16.4 Å². The molecule has 0 unspecified atom stereocenters. The van der Waals surface area contributed by atoms with E-state index in [0.717, 1.165) is 5.56 Å². The summed E-state index contributed by atoms with van der Waals surface area (Å²) < 4.78 is 32.7. The van der Waals surface area contributed by atoms with Gasteiger partial charge in [0.05, 0.1) is 22.1 Å². The van der Waals surface area contributed by atoms with Gasteiger partial charge in [0.2, 0.25) is 10.0 Å². The fourth-order valence-electron chi connectivity index (χ4n) is 3.44. The van der Waals surface area contributed by atoms with E-state index in [1.807, 2.05) is 18.2 Å². The van der Waals surface area contributed by atoms with Crippen molar-refractivity contribution in [3.63, 3.8) is 0 Å². The first kappa shape index (κ1) is 18.3. The monoisotopic (exact) mass is 403 g/mol. The van der Waals surface area contributed by atoms with E-state index in [2.05, 4.69) is 0 Å². The van der Waals surface area contributed by atoms with Gasteiger partial charge in [0.1, 0.15) is 11.5 Å². The van der Waals surface area contributed by atoms with E-state index >= 15 is 0 Å². The number of hydrogen-bond donors (Lipinski definition) is 1. The number of nitrogens with zero attached hydrogens (tertiary/aromatic N) is 1. The minimum absolute atomic E-state index is 0.146. The summed E-state index contributed by atoms with van der Waals surface area (Å²) in [5.74, 6) is 1.18. The number of benzene rings is 2. The number of furan rings is 1. The molecule has 0 aliphatic carbocycles. The van der Waals surface area contributed by atoms with Crippen molar-refractivity contribution in [1.82, 2.24) is 4.31 Å². The van der Waals surface area contributed by atoms with Crippen LogP contribution in [0, 0.1) is 0 Å². The van der Waals surface area contributed by atoms with Gasteiger partial charge in [0, 0.05) is 24.6 Å². The molecule has 4 rings (SSSR count). The number of fused-ring (bicyclic) bond motifs is 1. The molecule has 0 bridgehead atoms. The van der Waals surface area contributed by atoms with Crippen LogP contribution in [0.25, 0.3) is 11.3 Å². The third kappa shape index (κ3) is 3.08. The maximum absolute atomic E-state index is 12.8. The van der Waals surface area contributed by atoms with Crippen LogP contribution in [0.5, 0.6) is 0 Å². The predicted molar refractivity (Wildman–Crippen MR) is 103 cm³/mol. The number of rotatable bonds is 3. The van der Waals surface area contributed by atoms with Crippen molar-refractivity contribution in [3.05, 3.63) is 77.0 Å². The van der Waals surface area contributed by atoms with Gasteiger partial charge in [-0.25, -0.2) is 8.42 Å². The van der Waals surface area contributed by atoms with Crippen molar-refractivity contribution in [3.8, 4) is 11.3 Å². The molecule has 0 radical (unpaired) electrons. The van der Waals surface area contributed by atoms with Crippen LogP contribution in [0.4, 0.5) is 0 Å². The molecule has 1 aliphatic rings. The summed E-state index contributed by atoms with van der Waals surface area (Å²) in [6.45, 7) is 0. The summed E-state index contributed by atoms with van der Waals surface area (Å²) in [4.78, 5) is 0.146. The molecule has 0 saturated heterocycles. The number of likely N-dealkylation sites (N-methyl/N-ethyl adjacent to an activating group) is 1. The van der Waals surface area contributed by atoms with E-state index in [1.165, 1.54) is 17.4 Å². The Morgan fingerprint density at radius 1 is 1.07 bits per heavy atom. The summed E-state index contributed by atoms with van der Waals surface area (Å²) in [5, 5.41) is 11.4. The molecule has 0 saturated carbocycles. The first-order valence-corrected chi connectivity index (χ1v) is 10.3. The second-order valence-corrected chi connectivity index (χ2v) is 8.89. The molecule has 5 nitrogen and oxygen atoms in total. The Kier molecular flexibility index (Phi) is 4.60. The highest BCUT2D eigenvalue weighted by atomic mass is 35.5. The molecule has 2 atom stereocenters. The molecule has 0 spiro atoms. The van der Waals surface area contributed by atoms with E-state index in [0.29, 0.717) is 22.1 Å². The summed E-state index contributed by atoms with van der Waals surface area (Å²) in [7, 11) is -2.18. The molecule has 2 aromatic carbocycles. The Morgan fingerprint density at radius 3 is 2.56 bits per heavy atom. The Hall–Kier alpha value is -2.12. The van der Waals surface area contributed by atoms with Crippen LogP contribution in [0.15, 0.2) is 70.0 Å². The smallest absolute Gasteiger partial charge is 0.243 e. The maximum atomic E-state index is 12.8. The van der Waals surface area contributed by atoms with Gasteiger partial charge in [-0.15, -0.1) is 0 Å².